The molecule has 0 aromatic carbocycles. The average molecular weight is 675 g/mol. The Kier molecular flexibility index (Phi) is 20.8. The van der Waals surface area contributed by atoms with E-state index in [0.29, 0.717) is 25.8 Å². The number of aliphatic carboxylic acids is 1. The summed E-state index contributed by atoms with van der Waals surface area (Å²) in [5.74, 6) is -6.45. The van der Waals surface area contributed by atoms with Gasteiger partial charge >= 0.3 is 5.97 Å². The molecule has 7 atom stereocenters. The number of carboxylic acid groups (broad SMARTS) is 1. The lowest BCUT2D eigenvalue weighted by Crippen LogP contribution is -2.59. The van der Waals surface area contributed by atoms with Crippen molar-refractivity contribution < 1.29 is 48.9 Å². The van der Waals surface area contributed by atoms with Crippen LogP contribution in [0.15, 0.2) is 0 Å². The first-order chi connectivity index (χ1) is 22.0. The molecule has 0 spiro atoms. The van der Waals surface area contributed by atoms with Crippen LogP contribution in [0.4, 0.5) is 0 Å². The number of carboxylic acids is 1. The maximum absolute atomic E-state index is 13.1. The molecule has 0 heterocycles. The van der Waals surface area contributed by atoms with Crippen molar-refractivity contribution in [2.24, 2.45) is 23.3 Å². The van der Waals surface area contributed by atoms with Crippen molar-refractivity contribution in [3.8, 4) is 0 Å². The van der Waals surface area contributed by atoms with Crippen molar-refractivity contribution in [2.45, 2.75) is 103 Å². The Bertz CT molecular complexity index is 1060. The Morgan fingerprint density at radius 1 is 0.702 bits per heavy atom. The van der Waals surface area contributed by atoms with Gasteiger partial charge in [-0.2, -0.15) is 0 Å². The van der Waals surface area contributed by atoms with Crippen LogP contribution in [-0.4, -0.2) is 119 Å². The van der Waals surface area contributed by atoms with Gasteiger partial charge in [0.25, 0.3) is 0 Å². The Morgan fingerprint density at radius 2 is 1.30 bits per heavy atom. The number of rotatable bonds is 23. The molecule has 0 saturated carbocycles. The molecule has 0 aliphatic carbocycles. The monoisotopic (exact) mass is 674 g/mol. The lowest BCUT2D eigenvalue weighted by atomic mass is 9.98. The number of aliphatic hydroxyl groups excluding tert-OH is 2. The molecule has 6 amide bonds. The van der Waals surface area contributed by atoms with Crippen molar-refractivity contribution in [1.82, 2.24) is 31.9 Å². The zero-order valence-electron chi connectivity index (χ0n) is 27.8. The summed E-state index contributed by atoms with van der Waals surface area (Å²) in [6, 6.07) is -7.35. The highest BCUT2D eigenvalue weighted by molar-refractivity contribution is 5.96. The van der Waals surface area contributed by atoms with Crippen LogP contribution in [0.3, 0.4) is 0 Å². The van der Waals surface area contributed by atoms with Crippen LogP contribution in [-0.2, 0) is 33.6 Å². The summed E-state index contributed by atoms with van der Waals surface area (Å²) in [4.78, 5) is 87.6. The predicted molar refractivity (Wildman–Crippen MR) is 170 cm³/mol. The molecule has 0 radical (unpaired) electrons. The molecule has 0 aliphatic rings. The molecule has 0 fully saturated rings. The van der Waals surface area contributed by atoms with Crippen LogP contribution >= 0.6 is 0 Å². The molecule has 0 aromatic rings. The van der Waals surface area contributed by atoms with Crippen LogP contribution < -0.4 is 43.4 Å². The third-order valence-corrected chi connectivity index (χ3v) is 7.24. The van der Waals surface area contributed by atoms with Crippen molar-refractivity contribution >= 4 is 41.4 Å². The fourth-order valence-electron chi connectivity index (χ4n) is 4.16. The van der Waals surface area contributed by atoms with Crippen LogP contribution in [0, 0.1) is 11.8 Å². The highest BCUT2D eigenvalue weighted by atomic mass is 16.4. The minimum atomic E-state index is -1.51. The van der Waals surface area contributed by atoms with Crippen molar-refractivity contribution in [3.63, 3.8) is 0 Å². The van der Waals surface area contributed by atoms with E-state index < -0.39 is 97.4 Å². The van der Waals surface area contributed by atoms with E-state index in [0.717, 1.165) is 0 Å². The maximum atomic E-state index is 13.1. The van der Waals surface area contributed by atoms with Crippen LogP contribution in [0.25, 0.3) is 0 Å². The Morgan fingerprint density at radius 3 is 1.81 bits per heavy atom. The number of hydrogen-bond acceptors (Lipinski definition) is 11. The number of unbranched alkanes of at least 4 members (excludes halogenated alkanes) is 1. The van der Waals surface area contributed by atoms with Crippen molar-refractivity contribution in [3.05, 3.63) is 0 Å². The van der Waals surface area contributed by atoms with Crippen LogP contribution in [0.5, 0.6) is 0 Å². The largest absolute Gasteiger partial charge is 0.480 e. The quantitative estimate of drug-likeness (QED) is 0.0465. The molecule has 0 aromatic heterocycles. The molecule has 270 valence electrons. The highest BCUT2D eigenvalue weighted by Crippen LogP contribution is 2.09. The van der Waals surface area contributed by atoms with E-state index in [1.165, 1.54) is 6.92 Å². The van der Waals surface area contributed by atoms with Crippen molar-refractivity contribution in [2.75, 3.05) is 26.3 Å². The summed E-state index contributed by atoms with van der Waals surface area (Å²) >= 11 is 0. The zero-order chi connectivity index (χ0) is 36.3. The number of nitrogens with one attached hydrogen (secondary N) is 6. The number of carbonyl (C=O) groups excluding carboxylic acids is 6. The molecular weight excluding hydrogens is 620 g/mol. The van der Waals surface area contributed by atoms with Crippen molar-refractivity contribution in [1.29, 1.82) is 0 Å². The van der Waals surface area contributed by atoms with Gasteiger partial charge in [0.2, 0.25) is 35.4 Å². The fraction of sp³-hybridized carbons (Fsp3) is 0.759. The SMILES string of the molecule is CC[C@H](C)[C@H](NC(=O)[C@@H](N)CO)C(=O)NCC(=O)N[C@@H](CO)C(=O)N[C@@H](CC(C)C)C(=O)N[C@@H](C)C(=O)N[C@@H](CCCCN)C(=O)O. The third kappa shape index (κ3) is 16.5. The topological polar surface area (TPSA) is 304 Å². The van der Waals surface area contributed by atoms with E-state index in [1.54, 1.807) is 27.7 Å². The van der Waals surface area contributed by atoms with E-state index in [2.05, 4.69) is 31.9 Å². The number of amides is 6. The number of aliphatic hydroxyl groups is 2. The van der Waals surface area contributed by atoms with Crippen LogP contribution in [0.1, 0.15) is 66.7 Å². The van der Waals surface area contributed by atoms with E-state index in [1.807, 2.05) is 0 Å². The smallest absolute Gasteiger partial charge is 0.326 e. The maximum Gasteiger partial charge on any atom is 0.326 e. The molecule has 0 aliphatic heterocycles. The van der Waals surface area contributed by atoms with E-state index in [4.69, 9.17) is 16.6 Å². The lowest BCUT2D eigenvalue weighted by molar-refractivity contribution is -0.142. The van der Waals surface area contributed by atoms with E-state index in [-0.39, 0.29) is 24.7 Å². The first kappa shape index (κ1) is 43.1. The predicted octanol–water partition coefficient (Wildman–Crippen LogP) is -3.84. The minimum absolute atomic E-state index is 0.114. The Labute approximate surface area is 274 Å². The highest BCUT2D eigenvalue weighted by Gasteiger charge is 2.31. The van der Waals surface area contributed by atoms with Gasteiger partial charge in [-0.15, -0.1) is 0 Å². The first-order valence-corrected chi connectivity index (χ1v) is 15.7. The van der Waals surface area contributed by atoms with E-state index >= 15 is 0 Å². The molecule has 18 nitrogen and oxygen atoms in total. The zero-order valence-corrected chi connectivity index (χ0v) is 27.8. The molecular formula is C29H54N8O10. The second-order valence-corrected chi connectivity index (χ2v) is 11.8. The average Bonchev–Trinajstić information content (AvgIpc) is 3.02. The number of hydrogen-bond donors (Lipinski definition) is 11. The Hall–Kier alpha value is -3.87. The van der Waals surface area contributed by atoms with Gasteiger partial charge in [0.05, 0.1) is 19.8 Å². The second kappa shape index (κ2) is 22.6. The summed E-state index contributed by atoms with van der Waals surface area (Å²) in [7, 11) is 0. The third-order valence-electron chi connectivity index (χ3n) is 7.24. The Balaban J connectivity index is 5.36. The van der Waals surface area contributed by atoms with Gasteiger partial charge in [0.1, 0.15) is 36.3 Å². The fourth-order valence-corrected chi connectivity index (χ4v) is 4.16. The van der Waals surface area contributed by atoms with Gasteiger partial charge in [0.15, 0.2) is 0 Å². The summed E-state index contributed by atoms with van der Waals surface area (Å²) in [5.41, 5.74) is 10.9. The summed E-state index contributed by atoms with van der Waals surface area (Å²) in [6.07, 6.45) is 1.80. The lowest BCUT2D eigenvalue weighted by Gasteiger charge is -2.26. The molecule has 13 N–H and O–H groups in total. The first-order valence-electron chi connectivity index (χ1n) is 15.7. The number of nitrogens with two attached hydrogens (primary N) is 2. The standard InChI is InChI=1S/C29H54N8O10/c1-6-16(4)23(37-25(42)18(31)13-38)28(45)32-12-22(40)34-21(14-39)27(44)36-20(11-15(2)3)26(43)33-17(5)24(41)35-19(29(46)47)9-7-8-10-30/h15-21,23,38-39H,6-14,30-31H2,1-5H3,(H,32,45)(H,33,43)(H,34,40)(H,35,41)(H,36,44)(H,37,42)(H,46,47)/t16-,17-,18-,19-,20-,21-,23-/m0/s1. The molecule has 0 rings (SSSR count). The van der Waals surface area contributed by atoms with Gasteiger partial charge in [0, 0.05) is 0 Å². The molecule has 18 heteroatoms. The molecule has 0 unspecified atom stereocenters. The van der Waals surface area contributed by atoms with Gasteiger partial charge in [-0.3, -0.25) is 28.8 Å². The molecule has 0 saturated heterocycles. The molecule has 47 heavy (non-hydrogen) atoms. The summed E-state index contributed by atoms with van der Waals surface area (Å²) in [5, 5.41) is 42.6. The minimum Gasteiger partial charge on any atom is -0.480 e. The molecule has 0 bridgehead atoms. The van der Waals surface area contributed by atoms with Gasteiger partial charge < -0.3 is 58.7 Å². The number of carbonyl (C=O) groups is 7. The second-order valence-electron chi connectivity index (χ2n) is 11.8. The summed E-state index contributed by atoms with van der Waals surface area (Å²) in [6.45, 7) is 6.64. The van der Waals surface area contributed by atoms with Gasteiger partial charge in [-0.1, -0.05) is 34.1 Å². The van der Waals surface area contributed by atoms with Gasteiger partial charge in [-0.25, -0.2) is 4.79 Å². The van der Waals surface area contributed by atoms with Gasteiger partial charge in [-0.05, 0) is 51.0 Å². The normalized spacial score (nSPS) is 15.5. The van der Waals surface area contributed by atoms with Crippen LogP contribution in [0.2, 0.25) is 0 Å². The van der Waals surface area contributed by atoms with E-state index in [9.17, 15) is 43.8 Å². The summed E-state index contributed by atoms with van der Waals surface area (Å²) < 4.78 is 0.